The van der Waals surface area contributed by atoms with E-state index >= 15 is 0 Å². The smallest absolute Gasteiger partial charge is 0.337 e. The van der Waals surface area contributed by atoms with E-state index in [1.54, 1.807) is 24.3 Å². The zero-order chi connectivity index (χ0) is 13.4. The number of para-hydroxylation sites is 1. The minimum absolute atomic E-state index is 0.117. The fraction of sp³-hybridized carbons (Fsp3) is 0. The first-order valence-electron chi connectivity index (χ1n) is 5.62. The molecular formula is C14H9FN2O2. The minimum Gasteiger partial charge on any atom is -0.478 e. The largest absolute Gasteiger partial charge is 0.478 e. The van der Waals surface area contributed by atoms with E-state index in [1.165, 1.54) is 18.3 Å². The molecule has 0 aliphatic heterocycles. The van der Waals surface area contributed by atoms with E-state index in [0.717, 1.165) is 5.39 Å². The molecule has 0 aliphatic rings. The van der Waals surface area contributed by atoms with Crippen LogP contribution in [0.25, 0.3) is 22.3 Å². The number of benzene rings is 1. The van der Waals surface area contributed by atoms with Crippen LogP contribution in [0, 0.1) is 5.82 Å². The maximum absolute atomic E-state index is 13.6. The Labute approximate surface area is 107 Å². The van der Waals surface area contributed by atoms with Crippen LogP contribution >= 0.6 is 0 Å². The second-order valence-electron chi connectivity index (χ2n) is 4.12. The Morgan fingerprint density at radius 1 is 1.26 bits per heavy atom. The molecule has 0 spiro atoms. The number of carboxylic acids is 1. The van der Waals surface area contributed by atoms with Crippen molar-refractivity contribution < 1.29 is 14.3 Å². The molecule has 2 N–H and O–H groups in total. The van der Waals surface area contributed by atoms with Crippen LogP contribution in [-0.4, -0.2) is 21.0 Å². The zero-order valence-electron chi connectivity index (χ0n) is 9.72. The zero-order valence-corrected chi connectivity index (χ0v) is 9.72. The number of halogens is 1. The monoisotopic (exact) mass is 256 g/mol. The predicted molar refractivity (Wildman–Crippen MR) is 68.4 cm³/mol. The molecule has 5 heteroatoms. The van der Waals surface area contributed by atoms with Gasteiger partial charge in [0.05, 0.1) is 22.5 Å². The van der Waals surface area contributed by atoms with Gasteiger partial charge in [-0.25, -0.2) is 9.18 Å². The lowest BCUT2D eigenvalue weighted by Crippen LogP contribution is -1.97. The normalized spacial score (nSPS) is 10.8. The van der Waals surface area contributed by atoms with Crippen LogP contribution in [0.4, 0.5) is 4.39 Å². The highest BCUT2D eigenvalue weighted by Crippen LogP contribution is 2.24. The third-order valence-corrected chi connectivity index (χ3v) is 2.89. The number of nitrogens with one attached hydrogen (secondary N) is 1. The molecule has 0 saturated heterocycles. The Hall–Kier alpha value is -2.69. The lowest BCUT2D eigenvalue weighted by atomic mass is 10.2. The Morgan fingerprint density at radius 3 is 2.74 bits per heavy atom. The highest BCUT2D eigenvalue weighted by Gasteiger charge is 2.09. The van der Waals surface area contributed by atoms with Crippen LogP contribution < -0.4 is 0 Å². The van der Waals surface area contributed by atoms with Gasteiger partial charge in [-0.2, -0.15) is 0 Å². The van der Waals surface area contributed by atoms with Crippen molar-refractivity contribution in [1.29, 1.82) is 0 Å². The fourth-order valence-electron chi connectivity index (χ4n) is 1.94. The Bertz CT molecular complexity index is 763. The van der Waals surface area contributed by atoms with Crippen molar-refractivity contribution in [2.75, 3.05) is 0 Å². The van der Waals surface area contributed by atoms with Gasteiger partial charge in [0.2, 0.25) is 0 Å². The van der Waals surface area contributed by atoms with E-state index in [4.69, 9.17) is 5.11 Å². The molecule has 0 fully saturated rings. The molecule has 0 radical (unpaired) electrons. The number of rotatable bonds is 2. The number of hydrogen-bond donors (Lipinski definition) is 2. The highest BCUT2D eigenvalue weighted by molar-refractivity contribution is 5.88. The van der Waals surface area contributed by atoms with Crippen molar-refractivity contribution in [2.24, 2.45) is 0 Å². The lowest BCUT2D eigenvalue weighted by molar-refractivity contribution is 0.0696. The number of hydrogen-bond acceptors (Lipinski definition) is 2. The van der Waals surface area contributed by atoms with E-state index in [2.05, 4.69) is 9.97 Å². The summed E-state index contributed by atoms with van der Waals surface area (Å²) in [5.41, 5.74) is 1.75. The second-order valence-corrected chi connectivity index (χ2v) is 4.12. The first-order valence-corrected chi connectivity index (χ1v) is 5.62. The molecule has 0 aliphatic carbocycles. The van der Waals surface area contributed by atoms with Gasteiger partial charge >= 0.3 is 5.97 Å². The van der Waals surface area contributed by atoms with Crippen molar-refractivity contribution in [1.82, 2.24) is 9.97 Å². The average molecular weight is 256 g/mol. The summed E-state index contributed by atoms with van der Waals surface area (Å²) in [7, 11) is 0. The summed E-state index contributed by atoms with van der Waals surface area (Å²) in [6.45, 7) is 0. The lowest BCUT2D eigenvalue weighted by Gasteiger charge is -1.97. The summed E-state index contributed by atoms with van der Waals surface area (Å²) in [5, 5.41) is 9.55. The van der Waals surface area contributed by atoms with Crippen LogP contribution in [0.1, 0.15) is 10.4 Å². The molecule has 0 atom stereocenters. The van der Waals surface area contributed by atoms with Crippen molar-refractivity contribution >= 4 is 16.9 Å². The van der Waals surface area contributed by atoms with Crippen molar-refractivity contribution in [2.45, 2.75) is 0 Å². The van der Waals surface area contributed by atoms with Gasteiger partial charge in [0.15, 0.2) is 0 Å². The summed E-state index contributed by atoms with van der Waals surface area (Å²) >= 11 is 0. The van der Waals surface area contributed by atoms with E-state index in [1.807, 2.05) is 0 Å². The maximum atomic E-state index is 13.6. The SMILES string of the molecule is O=C(O)c1ccc(-c2cc3cccc(F)c3[nH]2)nc1. The summed E-state index contributed by atoms with van der Waals surface area (Å²) in [6, 6.07) is 9.64. The van der Waals surface area contributed by atoms with E-state index in [9.17, 15) is 9.18 Å². The molecule has 2 aromatic heterocycles. The van der Waals surface area contributed by atoms with Gasteiger partial charge in [-0.1, -0.05) is 12.1 Å². The van der Waals surface area contributed by atoms with Crippen molar-refractivity contribution in [3.05, 3.63) is 54.0 Å². The third kappa shape index (κ3) is 1.95. The van der Waals surface area contributed by atoms with Crippen molar-refractivity contribution in [3.63, 3.8) is 0 Å². The number of carboxylic acid groups (broad SMARTS) is 1. The second kappa shape index (κ2) is 4.20. The third-order valence-electron chi connectivity index (χ3n) is 2.89. The van der Waals surface area contributed by atoms with Crippen LogP contribution in [0.3, 0.4) is 0 Å². The van der Waals surface area contributed by atoms with Gasteiger partial charge in [-0.15, -0.1) is 0 Å². The number of carbonyl (C=O) groups is 1. The van der Waals surface area contributed by atoms with E-state index in [-0.39, 0.29) is 11.4 Å². The first kappa shape index (κ1) is 11.4. The van der Waals surface area contributed by atoms with Crippen molar-refractivity contribution in [3.8, 4) is 11.4 Å². The van der Waals surface area contributed by atoms with Gasteiger partial charge in [0.1, 0.15) is 5.82 Å². The molecule has 4 nitrogen and oxygen atoms in total. The number of aromatic amines is 1. The summed E-state index contributed by atoms with van der Waals surface area (Å²) in [5.74, 6) is -1.35. The van der Waals surface area contributed by atoms with Crippen LogP contribution in [0.5, 0.6) is 0 Å². The molecule has 2 heterocycles. The Balaban J connectivity index is 2.09. The first-order chi connectivity index (χ1) is 9.15. The van der Waals surface area contributed by atoms with Gasteiger partial charge in [0, 0.05) is 11.6 Å². The summed E-state index contributed by atoms with van der Waals surface area (Å²) < 4.78 is 13.6. The molecular weight excluding hydrogens is 247 g/mol. The molecule has 3 aromatic rings. The van der Waals surface area contributed by atoms with Gasteiger partial charge in [-0.3, -0.25) is 4.98 Å². The fourth-order valence-corrected chi connectivity index (χ4v) is 1.94. The number of fused-ring (bicyclic) bond motifs is 1. The molecule has 0 unspecified atom stereocenters. The predicted octanol–water partition coefficient (Wildman–Crippen LogP) is 3.07. The number of aromatic carboxylic acids is 1. The topological polar surface area (TPSA) is 66.0 Å². The van der Waals surface area contributed by atoms with Gasteiger partial charge in [0.25, 0.3) is 0 Å². The summed E-state index contributed by atoms with van der Waals surface area (Å²) in [6.07, 6.45) is 1.28. The Morgan fingerprint density at radius 2 is 2.11 bits per heavy atom. The molecule has 0 saturated carbocycles. The molecule has 1 aromatic carbocycles. The maximum Gasteiger partial charge on any atom is 0.337 e. The summed E-state index contributed by atoms with van der Waals surface area (Å²) in [4.78, 5) is 17.7. The van der Waals surface area contributed by atoms with Gasteiger partial charge in [-0.05, 0) is 24.3 Å². The van der Waals surface area contributed by atoms with Crippen LogP contribution in [0.15, 0.2) is 42.6 Å². The number of nitrogens with zero attached hydrogens (tertiary/aromatic N) is 1. The average Bonchev–Trinajstić information content (AvgIpc) is 2.84. The quantitative estimate of drug-likeness (QED) is 0.740. The molecule has 0 bridgehead atoms. The number of aromatic nitrogens is 2. The number of pyridine rings is 1. The van der Waals surface area contributed by atoms with E-state index in [0.29, 0.717) is 16.9 Å². The minimum atomic E-state index is -1.03. The van der Waals surface area contributed by atoms with Crippen LogP contribution in [0.2, 0.25) is 0 Å². The Kier molecular flexibility index (Phi) is 2.52. The molecule has 3 rings (SSSR count). The number of H-pyrrole nitrogens is 1. The molecule has 0 amide bonds. The molecule has 19 heavy (non-hydrogen) atoms. The van der Waals surface area contributed by atoms with Gasteiger partial charge < -0.3 is 10.1 Å². The van der Waals surface area contributed by atoms with E-state index < -0.39 is 5.97 Å². The molecule has 94 valence electrons. The highest BCUT2D eigenvalue weighted by atomic mass is 19.1. The standard InChI is InChI=1S/C14H9FN2O2/c15-10-3-1-2-8-6-12(17-13(8)10)11-5-4-9(7-16-11)14(18)19/h1-7,17H,(H,18,19). The van der Waals surface area contributed by atoms with Crippen LogP contribution in [-0.2, 0) is 0 Å².